The summed E-state index contributed by atoms with van der Waals surface area (Å²) in [4.78, 5) is 11.7. The van der Waals surface area contributed by atoms with Crippen molar-refractivity contribution in [2.45, 2.75) is 39.7 Å². The highest BCUT2D eigenvalue weighted by Crippen LogP contribution is 2.23. The largest absolute Gasteiger partial charge is 0.348 e. The molecule has 0 bridgehead atoms. The smallest absolute Gasteiger partial charge is 0.234 e. The van der Waals surface area contributed by atoms with E-state index in [9.17, 15) is 4.79 Å². The van der Waals surface area contributed by atoms with Gasteiger partial charge in [-0.3, -0.25) is 4.79 Å². The number of likely N-dealkylation sites (N-methyl/N-ethyl adjacent to an activating group) is 1. The van der Waals surface area contributed by atoms with Crippen molar-refractivity contribution in [3.05, 3.63) is 35.4 Å². The van der Waals surface area contributed by atoms with Gasteiger partial charge in [0, 0.05) is 0 Å². The quantitative estimate of drug-likeness (QED) is 0.846. The average Bonchev–Trinajstić information content (AvgIpc) is 2.36. The van der Waals surface area contributed by atoms with Gasteiger partial charge in [0.15, 0.2) is 0 Å². The number of benzene rings is 1. The fourth-order valence-corrected chi connectivity index (χ4v) is 2.11. The molecule has 0 spiro atoms. The molecule has 20 heavy (non-hydrogen) atoms. The van der Waals surface area contributed by atoms with Crippen molar-refractivity contribution in [3.63, 3.8) is 0 Å². The zero-order valence-corrected chi connectivity index (χ0v) is 13.9. The van der Waals surface area contributed by atoms with Crippen LogP contribution in [0.5, 0.6) is 0 Å². The Bertz CT molecular complexity index is 401. The molecule has 1 amide bonds. The van der Waals surface area contributed by atoms with E-state index in [2.05, 4.69) is 62.6 Å². The van der Waals surface area contributed by atoms with Gasteiger partial charge in [-0.2, -0.15) is 0 Å². The molecule has 0 aliphatic carbocycles. The first-order valence-electron chi connectivity index (χ1n) is 6.99. The van der Waals surface area contributed by atoms with Crippen LogP contribution in [0.15, 0.2) is 24.3 Å². The molecule has 1 unspecified atom stereocenters. The second-order valence-electron chi connectivity index (χ2n) is 5.64. The van der Waals surface area contributed by atoms with Gasteiger partial charge in [-0.05, 0) is 30.0 Å². The van der Waals surface area contributed by atoms with E-state index in [1.165, 1.54) is 11.1 Å². The lowest BCUT2D eigenvalue weighted by atomic mass is 9.93. The van der Waals surface area contributed by atoms with Gasteiger partial charge in [0.25, 0.3) is 0 Å². The lowest BCUT2D eigenvalue weighted by Crippen LogP contribution is -2.37. The summed E-state index contributed by atoms with van der Waals surface area (Å²) in [5.41, 5.74) is 2.50. The zero-order valence-electron chi connectivity index (χ0n) is 13.1. The topological polar surface area (TPSA) is 41.1 Å². The number of hydrogen-bond donors (Lipinski definition) is 2. The Hall–Kier alpha value is -1.06. The van der Waals surface area contributed by atoms with Gasteiger partial charge in [0.05, 0.1) is 12.6 Å². The molecule has 3 nitrogen and oxygen atoms in total. The highest BCUT2D eigenvalue weighted by atomic mass is 35.5. The van der Waals surface area contributed by atoms with Crippen LogP contribution in [0, 0.1) is 5.92 Å². The number of carbonyl (C=O) groups is 1. The third kappa shape index (κ3) is 5.51. The molecule has 0 heterocycles. The molecule has 1 aromatic rings. The molecule has 0 aliphatic rings. The van der Waals surface area contributed by atoms with Gasteiger partial charge in [-0.1, -0.05) is 52.0 Å². The summed E-state index contributed by atoms with van der Waals surface area (Å²) >= 11 is 0. The predicted molar refractivity (Wildman–Crippen MR) is 87.4 cm³/mol. The van der Waals surface area contributed by atoms with Crippen LogP contribution in [0.25, 0.3) is 0 Å². The second-order valence-corrected chi connectivity index (χ2v) is 5.64. The molecule has 1 rings (SSSR count). The van der Waals surface area contributed by atoms with Gasteiger partial charge in [-0.15, -0.1) is 12.4 Å². The van der Waals surface area contributed by atoms with Crippen LogP contribution in [-0.4, -0.2) is 19.5 Å². The molecule has 2 N–H and O–H groups in total. The first kappa shape index (κ1) is 18.9. The summed E-state index contributed by atoms with van der Waals surface area (Å²) < 4.78 is 0. The normalized spacial score (nSPS) is 12.2. The van der Waals surface area contributed by atoms with Crippen LogP contribution in [0.3, 0.4) is 0 Å². The molecular weight excluding hydrogens is 272 g/mol. The molecule has 0 fully saturated rings. The lowest BCUT2D eigenvalue weighted by Gasteiger charge is -2.23. The van der Waals surface area contributed by atoms with E-state index in [-0.39, 0.29) is 24.4 Å². The predicted octanol–water partition coefficient (Wildman–Crippen LogP) is 3.26. The summed E-state index contributed by atoms with van der Waals surface area (Å²) in [6.45, 7) is 8.97. The Morgan fingerprint density at radius 2 is 1.55 bits per heavy atom. The number of rotatable bonds is 6. The van der Waals surface area contributed by atoms with Crippen molar-refractivity contribution in [2.24, 2.45) is 5.92 Å². The SMILES string of the molecule is CNCC(=O)NC(c1ccc(C(C)C)cc1)C(C)C.Cl. The van der Waals surface area contributed by atoms with E-state index in [1.54, 1.807) is 7.05 Å². The van der Waals surface area contributed by atoms with E-state index in [0.717, 1.165) is 0 Å². The van der Waals surface area contributed by atoms with Crippen LogP contribution >= 0.6 is 12.4 Å². The van der Waals surface area contributed by atoms with Crippen molar-refractivity contribution >= 4 is 18.3 Å². The summed E-state index contributed by atoms with van der Waals surface area (Å²) in [5, 5.41) is 5.96. The molecular formula is C16H27ClN2O. The van der Waals surface area contributed by atoms with Crippen LogP contribution in [0.1, 0.15) is 50.8 Å². The Morgan fingerprint density at radius 1 is 1.05 bits per heavy atom. The van der Waals surface area contributed by atoms with Crippen LogP contribution in [-0.2, 0) is 4.79 Å². The van der Waals surface area contributed by atoms with Gasteiger partial charge in [0.2, 0.25) is 5.91 Å². The van der Waals surface area contributed by atoms with Crippen LogP contribution in [0.4, 0.5) is 0 Å². The first-order chi connectivity index (χ1) is 8.95. The number of hydrogen-bond acceptors (Lipinski definition) is 2. The number of nitrogens with one attached hydrogen (secondary N) is 2. The fourth-order valence-electron chi connectivity index (χ4n) is 2.11. The third-order valence-electron chi connectivity index (χ3n) is 3.28. The van der Waals surface area contributed by atoms with Crippen LogP contribution < -0.4 is 10.6 Å². The fraction of sp³-hybridized carbons (Fsp3) is 0.562. The minimum absolute atomic E-state index is 0. The molecule has 4 heteroatoms. The average molecular weight is 299 g/mol. The lowest BCUT2D eigenvalue weighted by molar-refractivity contribution is -0.121. The van der Waals surface area contributed by atoms with E-state index in [0.29, 0.717) is 18.4 Å². The van der Waals surface area contributed by atoms with Gasteiger partial charge in [0.1, 0.15) is 0 Å². The van der Waals surface area contributed by atoms with Crippen molar-refractivity contribution < 1.29 is 4.79 Å². The van der Waals surface area contributed by atoms with Gasteiger partial charge >= 0.3 is 0 Å². The van der Waals surface area contributed by atoms with E-state index in [4.69, 9.17) is 0 Å². The van der Waals surface area contributed by atoms with Crippen molar-refractivity contribution in [3.8, 4) is 0 Å². The Labute approximate surface area is 128 Å². The highest BCUT2D eigenvalue weighted by molar-refractivity contribution is 5.85. The Kier molecular flexibility index (Phi) is 8.51. The zero-order chi connectivity index (χ0) is 14.4. The number of amides is 1. The van der Waals surface area contributed by atoms with Crippen molar-refractivity contribution in [1.29, 1.82) is 0 Å². The monoisotopic (exact) mass is 298 g/mol. The Morgan fingerprint density at radius 3 is 1.95 bits per heavy atom. The third-order valence-corrected chi connectivity index (χ3v) is 3.28. The molecule has 114 valence electrons. The van der Waals surface area contributed by atoms with Gasteiger partial charge in [-0.25, -0.2) is 0 Å². The summed E-state index contributed by atoms with van der Waals surface area (Å²) in [6.07, 6.45) is 0. The molecule has 0 aliphatic heterocycles. The summed E-state index contributed by atoms with van der Waals surface area (Å²) in [5.74, 6) is 0.935. The maximum Gasteiger partial charge on any atom is 0.234 e. The van der Waals surface area contributed by atoms with E-state index in [1.807, 2.05) is 0 Å². The highest BCUT2D eigenvalue weighted by Gasteiger charge is 2.17. The maximum absolute atomic E-state index is 11.7. The number of carbonyl (C=O) groups excluding carboxylic acids is 1. The molecule has 1 aromatic carbocycles. The molecule has 0 saturated heterocycles. The molecule has 1 atom stereocenters. The first-order valence-corrected chi connectivity index (χ1v) is 6.99. The Balaban J connectivity index is 0.00000361. The number of halogens is 1. The maximum atomic E-state index is 11.7. The minimum atomic E-state index is 0. The van der Waals surface area contributed by atoms with Crippen molar-refractivity contribution in [1.82, 2.24) is 10.6 Å². The molecule has 0 aromatic heterocycles. The second kappa shape index (κ2) is 8.98. The molecule has 0 saturated carbocycles. The van der Waals surface area contributed by atoms with Crippen molar-refractivity contribution in [2.75, 3.05) is 13.6 Å². The van der Waals surface area contributed by atoms with E-state index < -0.39 is 0 Å². The summed E-state index contributed by atoms with van der Waals surface area (Å²) in [6, 6.07) is 8.63. The van der Waals surface area contributed by atoms with Gasteiger partial charge < -0.3 is 10.6 Å². The standard InChI is InChI=1S/C16H26N2O.ClH/c1-11(2)13-6-8-14(9-7-13)16(12(3)4)18-15(19)10-17-5;/h6-9,11-12,16-17H,10H2,1-5H3,(H,18,19);1H. The summed E-state index contributed by atoms with van der Waals surface area (Å²) in [7, 11) is 1.78. The van der Waals surface area contributed by atoms with E-state index >= 15 is 0 Å². The minimum Gasteiger partial charge on any atom is -0.348 e. The van der Waals surface area contributed by atoms with Crippen LogP contribution in [0.2, 0.25) is 0 Å². The molecule has 0 radical (unpaired) electrons.